The molecular formula is C24H32ClN3O4S. The number of thioether (sulfide) groups is 1. The van der Waals surface area contributed by atoms with Crippen LogP contribution < -0.4 is 10.6 Å². The summed E-state index contributed by atoms with van der Waals surface area (Å²) < 4.78 is -1.12. The van der Waals surface area contributed by atoms with Gasteiger partial charge in [-0.3, -0.25) is 14.4 Å². The number of anilines is 1. The molecule has 0 aromatic heterocycles. The maximum absolute atomic E-state index is 13.9. The van der Waals surface area contributed by atoms with Crippen LogP contribution in [-0.4, -0.2) is 62.5 Å². The monoisotopic (exact) mass is 493 g/mol. The molecule has 0 saturated carbocycles. The minimum absolute atomic E-state index is 0.115. The highest BCUT2D eigenvalue weighted by Crippen LogP contribution is 2.71. The Morgan fingerprint density at radius 1 is 1.27 bits per heavy atom. The van der Waals surface area contributed by atoms with E-state index in [1.807, 2.05) is 20.8 Å². The molecule has 2 unspecified atom stereocenters. The highest BCUT2D eigenvalue weighted by atomic mass is 35.5. The molecule has 4 rings (SSSR count). The lowest BCUT2D eigenvalue weighted by molar-refractivity contribution is -0.142. The first-order valence-corrected chi connectivity index (χ1v) is 12.9. The third-order valence-electron chi connectivity index (χ3n) is 7.50. The average molecular weight is 494 g/mol. The summed E-state index contributed by atoms with van der Waals surface area (Å²) >= 11 is 7.91. The van der Waals surface area contributed by atoms with Crippen LogP contribution in [0.2, 0.25) is 5.02 Å². The van der Waals surface area contributed by atoms with Crippen molar-refractivity contribution in [3.8, 4) is 0 Å². The van der Waals surface area contributed by atoms with Crippen LogP contribution in [0.15, 0.2) is 24.3 Å². The van der Waals surface area contributed by atoms with E-state index in [2.05, 4.69) is 10.6 Å². The molecule has 9 heteroatoms. The first kappa shape index (κ1) is 24.4. The summed E-state index contributed by atoms with van der Waals surface area (Å²) in [7, 11) is 0. The van der Waals surface area contributed by atoms with E-state index in [0.29, 0.717) is 30.1 Å². The van der Waals surface area contributed by atoms with Crippen LogP contribution in [0, 0.1) is 11.8 Å². The van der Waals surface area contributed by atoms with Crippen LogP contribution in [0.1, 0.15) is 46.5 Å². The van der Waals surface area contributed by atoms with Gasteiger partial charge in [0.05, 0.1) is 39.9 Å². The summed E-state index contributed by atoms with van der Waals surface area (Å²) in [4.78, 5) is 42.5. The van der Waals surface area contributed by atoms with Crippen LogP contribution in [0.25, 0.3) is 0 Å². The van der Waals surface area contributed by atoms with Gasteiger partial charge in [-0.1, -0.05) is 37.6 Å². The number of hydrogen-bond donors (Lipinski definition) is 3. The molecule has 1 aromatic rings. The van der Waals surface area contributed by atoms with Crippen molar-refractivity contribution in [3.05, 3.63) is 29.3 Å². The Labute approximate surface area is 204 Å². The predicted molar refractivity (Wildman–Crippen MR) is 130 cm³/mol. The number of aliphatic hydroxyl groups excluding tert-OH is 1. The second-order valence-electron chi connectivity index (χ2n) is 9.48. The molecule has 3 saturated heterocycles. The Bertz CT molecular complexity index is 957. The molecule has 3 aliphatic rings. The molecule has 2 bridgehead atoms. The molecule has 0 radical (unpaired) electrons. The van der Waals surface area contributed by atoms with E-state index < -0.39 is 33.4 Å². The van der Waals surface area contributed by atoms with E-state index >= 15 is 0 Å². The highest BCUT2D eigenvalue weighted by Gasteiger charge is 2.77. The number of likely N-dealkylation sites (tertiary alicyclic amines) is 1. The van der Waals surface area contributed by atoms with Crippen molar-refractivity contribution in [2.45, 2.75) is 68.0 Å². The first-order chi connectivity index (χ1) is 15.7. The van der Waals surface area contributed by atoms with Gasteiger partial charge >= 0.3 is 0 Å². The van der Waals surface area contributed by atoms with E-state index in [9.17, 15) is 19.5 Å². The Morgan fingerprint density at radius 3 is 2.64 bits per heavy atom. The normalized spacial score (nSPS) is 33.2. The van der Waals surface area contributed by atoms with Crippen molar-refractivity contribution in [1.29, 1.82) is 0 Å². The summed E-state index contributed by atoms with van der Waals surface area (Å²) in [6.07, 6.45) is 2.74. The molecule has 180 valence electrons. The largest absolute Gasteiger partial charge is 0.394 e. The smallest absolute Gasteiger partial charge is 0.248 e. The lowest BCUT2D eigenvalue weighted by atomic mass is 9.66. The number of carbonyl (C=O) groups is 3. The third-order valence-corrected chi connectivity index (χ3v) is 9.82. The number of aliphatic hydroxyl groups is 1. The van der Waals surface area contributed by atoms with Gasteiger partial charge in [-0.15, -0.1) is 11.8 Å². The van der Waals surface area contributed by atoms with Crippen LogP contribution >= 0.6 is 23.4 Å². The van der Waals surface area contributed by atoms with Crippen molar-refractivity contribution in [2.24, 2.45) is 11.8 Å². The van der Waals surface area contributed by atoms with Gasteiger partial charge in [-0.2, -0.15) is 0 Å². The van der Waals surface area contributed by atoms with E-state index in [0.717, 1.165) is 12.8 Å². The maximum atomic E-state index is 13.9. The number of fused-ring (bicyclic) bond motifs is 1. The fraction of sp³-hybridized carbons (Fsp3) is 0.625. The number of halogens is 1. The zero-order valence-corrected chi connectivity index (χ0v) is 20.8. The second kappa shape index (κ2) is 9.12. The number of amides is 3. The molecule has 3 aliphatic heterocycles. The molecule has 1 aromatic carbocycles. The van der Waals surface area contributed by atoms with Gasteiger partial charge in [-0.25, -0.2) is 0 Å². The summed E-state index contributed by atoms with van der Waals surface area (Å²) in [5.74, 6) is -1.75. The first-order valence-electron chi connectivity index (χ1n) is 11.7. The maximum Gasteiger partial charge on any atom is 0.248 e. The fourth-order valence-electron chi connectivity index (χ4n) is 5.99. The van der Waals surface area contributed by atoms with Gasteiger partial charge in [0.2, 0.25) is 17.7 Å². The Kier molecular flexibility index (Phi) is 6.73. The molecule has 3 heterocycles. The third kappa shape index (κ3) is 3.74. The fourth-order valence-corrected chi connectivity index (χ4v) is 8.52. The Balaban J connectivity index is 1.76. The Morgan fingerprint density at radius 2 is 2.00 bits per heavy atom. The van der Waals surface area contributed by atoms with Crippen molar-refractivity contribution >= 4 is 46.8 Å². The van der Waals surface area contributed by atoms with E-state index in [1.54, 1.807) is 40.9 Å². The molecule has 6 atom stereocenters. The Hall–Kier alpha value is -1.77. The van der Waals surface area contributed by atoms with Crippen molar-refractivity contribution in [3.63, 3.8) is 0 Å². The summed E-state index contributed by atoms with van der Waals surface area (Å²) in [5, 5.41) is 16.4. The summed E-state index contributed by atoms with van der Waals surface area (Å²) in [6, 6.07) is 5.70. The average Bonchev–Trinajstić information content (AvgIpc) is 3.36. The van der Waals surface area contributed by atoms with Crippen molar-refractivity contribution < 1.29 is 19.5 Å². The molecule has 3 amide bonds. The molecule has 33 heavy (non-hydrogen) atoms. The molecule has 3 fully saturated rings. The van der Waals surface area contributed by atoms with Gasteiger partial charge < -0.3 is 20.6 Å². The van der Waals surface area contributed by atoms with Gasteiger partial charge in [0.25, 0.3) is 0 Å². The molecule has 0 aliphatic carbocycles. The van der Waals surface area contributed by atoms with Crippen LogP contribution in [0.4, 0.5) is 5.69 Å². The summed E-state index contributed by atoms with van der Waals surface area (Å²) in [5.41, 5.74) is 0.481. The molecular weight excluding hydrogens is 462 g/mol. The van der Waals surface area contributed by atoms with Gasteiger partial charge in [-0.05, 0) is 44.7 Å². The van der Waals surface area contributed by atoms with Gasteiger partial charge in [0.15, 0.2) is 0 Å². The minimum Gasteiger partial charge on any atom is -0.394 e. The summed E-state index contributed by atoms with van der Waals surface area (Å²) in [6.45, 7) is 6.24. The minimum atomic E-state index is -0.792. The number of benzene rings is 1. The zero-order chi connectivity index (χ0) is 24.0. The quantitative estimate of drug-likeness (QED) is 0.517. The van der Waals surface area contributed by atoms with Crippen LogP contribution in [-0.2, 0) is 14.4 Å². The van der Waals surface area contributed by atoms with Crippen LogP contribution in [0.3, 0.4) is 0 Å². The highest BCUT2D eigenvalue weighted by molar-refractivity contribution is 8.02. The molecule has 1 spiro atoms. The zero-order valence-electron chi connectivity index (χ0n) is 19.3. The van der Waals surface area contributed by atoms with Crippen LogP contribution in [0.5, 0.6) is 0 Å². The van der Waals surface area contributed by atoms with Gasteiger partial charge in [0, 0.05) is 11.3 Å². The number of carbonyl (C=O) groups excluding carboxylic acids is 3. The van der Waals surface area contributed by atoms with Gasteiger partial charge in [0.1, 0.15) is 6.04 Å². The number of rotatable bonds is 8. The van der Waals surface area contributed by atoms with E-state index in [4.69, 9.17) is 11.6 Å². The second-order valence-corrected chi connectivity index (χ2v) is 11.8. The topological polar surface area (TPSA) is 98.7 Å². The number of hydrogen-bond acceptors (Lipinski definition) is 5. The van der Waals surface area contributed by atoms with E-state index in [-0.39, 0.29) is 24.3 Å². The van der Waals surface area contributed by atoms with Crippen molar-refractivity contribution in [2.75, 3.05) is 18.5 Å². The lowest BCUT2D eigenvalue weighted by Crippen LogP contribution is -2.54. The molecule has 3 N–H and O–H groups in total. The van der Waals surface area contributed by atoms with Crippen molar-refractivity contribution in [1.82, 2.24) is 10.2 Å². The number of para-hydroxylation sites is 1. The lowest BCUT2D eigenvalue weighted by Gasteiger charge is -2.36. The SMILES string of the molecule is CCCNC(=O)[C@H]1[C@H]2C(=O)N([C@@H](CC)CO)C(C(=O)Nc3ccccc3Cl)C23CC[C@]1(C)S3. The number of nitrogens with one attached hydrogen (secondary N) is 2. The van der Waals surface area contributed by atoms with E-state index in [1.165, 1.54) is 0 Å². The molecule has 7 nitrogen and oxygen atoms in total. The standard InChI is InChI=1S/C24H32ClN3O4S/c1-4-12-26-20(30)17-18-22(32)28(14(5-2)13-29)19(24(18)11-10-23(17,3)33-24)21(31)27-16-9-7-6-8-15(16)25/h6-9,14,17-19,29H,4-5,10-13H2,1-3H3,(H,26,30)(H,27,31)/t14-,17+,18-,19?,23-,24?/m0/s1. The number of nitrogens with zero attached hydrogens (tertiary/aromatic N) is 1. The predicted octanol–water partition coefficient (Wildman–Crippen LogP) is 3.06.